The Hall–Kier alpha value is 0.210. The monoisotopic (exact) mass is 157 g/mol. The zero-order chi connectivity index (χ0) is 7.11. The first-order chi connectivity index (χ1) is 4.27. The van der Waals surface area contributed by atoms with Crippen LogP contribution in [0.4, 0.5) is 8.78 Å². The summed E-state index contributed by atoms with van der Waals surface area (Å²) in [6.07, 6.45) is -1.47. The number of hydrogen-bond donors (Lipinski definition) is 1. The van der Waals surface area contributed by atoms with Gasteiger partial charge >= 0.3 is 0 Å². The highest BCUT2D eigenvalue weighted by Crippen LogP contribution is 2.20. The fraction of sp³-hybridized carbons (Fsp3) is 1.00. The predicted molar refractivity (Wildman–Crippen MR) is 33.7 cm³/mol. The molecule has 0 saturated heterocycles. The van der Waals surface area contributed by atoms with Gasteiger partial charge in [0.1, 0.15) is 8.81 Å². The average molecular weight is 157 g/mol. The summed E-state index contributed by atoms with van der Waals surface area (Å²) in [5, 5.41) is 0. The molecule has 0 aromatic carbocycles. The molecule has 0 saturated carbocycles. The molecule has 1 N–H and O–H groups in total. The van der Waals surface area contributed by atoms with E-state index < -0.39 is 15.0 Å². The van der Waals surface area contributed by atoms with E-state index in [2.05, 4.69) is 10.1 Å². The van der Waals surface area contributed by atoms with Crippen molar-refractivity contribution in [2.24, 2.45) is 0 Å². The van der Waals surface area contributed by atoms with Crippen LogP contribution in [-0.4, -0.2) is 12.7 Å². The third-order valence-corrected chi connectivity index (χ3v) is 1.01. The van der Waals surface area contributed by atoms with Crippen LogP contribution < -0.4 is 5.48 Å². The van der Waals surface area contributed by atoms with Crippen molar-refractivity contribution in [3.8, 4) is 0 Å². The maximum Gasteiger partial charge on any atom is 0.279 e. The molecule has 0 aliphatic rings. The summed E-state index contributed by atoms with van der Waals surface area (Å²) < 4.78 is 27.0. The minimum absolute atomic E-state index is 0.625. The summed E-state index contributed by atoms with van der Waals surface area (Å²) >= 11 is 0. The van der Waals surface area contributed by atoms with Crippen molar-refractivity contribution in [2.45, 2.75) is 19.5 Å². The molecule has 0 fully saturated rings. The first-order valence-corrected chi connectivity index (χ1v) is 3.68. The van der Waals surface area contributed by atoms with Crippen molar-refractivity contribution in [2.75, 3.05) is 6.54 Å². The van der Waals surface area contributed by atoms with Crippen molar-refractivity contribution in [1.29, 1.82) is 0 Å². The maximum absolute atomic E-state index is 11.3. The van der Waals surface area contributed by atoms with Crippen molar-refractivity contribution in [1.82, 2.24) is 5.48 Å². The van der Waals surface area contributed by atoms with Crippen LogP contribution in [0.5, 0.6) is 0 Å². The van der Waals surface area contributed by atoms with Crippen LogP contribution in [0, 0.1) is 0 Å². The Labute approximate surface area is 54.8 Å². The lowest BCUT2D eigenvalue weighted by atomic mass is 10.5. The molecular formula is C4H10F2NOP. The lowest BCUT2D eigenvalue weighted by molar-refractivity contribution is 0.181. The van der Waals surface area contributed by atoms with E-state index in [0.29, 0.717) is 6.54 Å². The van der Waals surface area contributed by atoms with Gasteiger partial charge in [-0.3, -0.25) is 4.62 Å². The van der Waals surface area contributed by atoms with Crippen LogP contribution in [0.2, 0.25) is 0 Å². The van der Waals surface area contributed by atoms with E-state index >= 15 is 0 Å². The molecule has 0 heterocycles. The fourth-order valence-electron chi connectivity index (χ4n) is 0.239. The number of nitrogens with one attached hydrogen (secondary N) is 1. The van der Waals surface area contributed by atoms with Gasteiger partial charge in [-0.05, 0) is 6.42 Å². The van der Waals surface area contributed by atoms with E-state index in [9.17, 15) is 8.78 Å². The first kappa shape index (κ1) is 9.21. The molecule has 0 bridgehead atoms. The minimum Gasteiger partial charge on any atom is -0.277 e. The molecule has 2 nitrogen and oxygen atoms in total. The van der Waals surface area contributed by atoms with Crippen LogP contribution in [0.15, 0.2) is 0 Å². The Morgan fingerprint density at radius 2 is 2.33 bits per heavy atom. The van der Waals surface area contributed by atoms with Crippen LogP contribution in [0.25, 0.3) is 0 Å². The highest BCUT2D eigenvalue weighted by molar-refractivity contribution is 7.32. The van der Waals surface area contributed by atoms with Gasteiger partial charge < -0.3 is 0 Å². The molecule has 0 aromatic heterocycles. The summed E-state index contributed by atoms with van der Waals surface area (Å²) in [4.78, 5) is 0. The maximum atomic E-state index is 11.3. The molecule has 0 rings (SSSR count). The van der Waals surface area contributed by atoms with Crippen molar-refractivity contribution in [3.05, 3.63) is 0 Å². The lowest BCUT2D eigenvalue weighted by Crippen LogP contribution is -2.10. The third-order valence-electron chi connectivity index (χ3n) is 0.572. The molecule has 1 unspecified atom stereocenters. The van der Waals surface area contributed by atoms with Crippen LogP contribution in [0.3, 0.4) is 0 Å². The second kappa shape index (κ2) is 6.33. The van der Waals surface area contributed by atoms with Gasteiger partial charge in [0, 0.05) is 6.54 Å². The lowest BCUT2D eigenvalue weighted by Gasteiger charge is -2.01. The van der Waals surface area contributed by atoms with Crippen molar-refractivity contribution in [3.63, 3.8) is 0 Å². The second-order valence-electron chi connectivity index (χ2n) is 1.41. The number of halogens is 2. The Morgan fingerprint density at radius 1 is 1.67 bits per heavy atom. The van der Waals surface area contributed by atoms with Crippen LogP contribution >= 0.6 is 8.81 Å². The Balaban J connectivity index is 2.75. The number of hydrogen-bond acceptors (Lipinski definition) is 2. The molecule has 56 valence electrons. The zero-order valence-electron chi connectivity index (χ0n) is 5.16. The summed E-state index contributed by atoms with van der Waals surface area (Å²) in [5.41, 5.74) is 2.40. The van der Waals surface area contributed by atoms with Crippen LogP contribution in [0.1, 0.15) is 13.3 Å². The summed E-state index contributed by atoms with van der Waals surface area (Å²) in [7, 11) is -0.746. The molecule has 0 radical (unpaired) electrons. The molecule has 1 atom stereocenters. The third kappa shape index (κ3) is 8.21. The fourth-order valence-corrected chi connectivity index (χ4v) is 0.514. The molecule has 0 aliphatic heterocycles. The standard InChI is InChI=1S/C4H10F2NOP/c1-2-3-7-8-9-4(5)6/h4,7,9H,2-3H2,1H3. The topological polar surface area (TPSA) is 21.3 Å². The molecular weight excluding hydrogens is 147 g/mol. The normalized spacial score (nSPS) is 12.0. The molecule has 0 spiro atoms. The van der Waals surface area contributed by atoms with Gasteiger partial charge in [-0.1, -0.05) is 6.92 Å². The molecule has 0 aliphatic carbocycles. The molecule has 9 heavy (non-hydrogen) atoms. The predicted octanol–water partition coefficient (Wildman–Crippen LogP) is 1.73. The van der Waals surface area contributed by atoms with Gasteiger partial charge in [0.15, 0.2) is 0 Å². The number of alkyl halides is 2. The summed E-state index contributed by atoms with van der Waals surface area (Å²) in [6, 6.07) is 0. The van der Waals surface area contributed by atoms with Gasteiger partial charge in [0.2, 0.25) is 0 Å². The largest absolute Gasteiger partial charge is 0.279 e. The van der Waals surface area contributed by atoms with E-state index in [1.807, 2.05) is 6.92 Å². The SMILES string of the molecule is CCCNOPC(F)F. The second-order valence-corrected chi connectivity index (χ2v) is 2.29. The zero-order valence-corrected chi connectivity index (χ0v) is 6.16. The Kier molecular flexibility index (Phi) is 6.48. The van der Waals surface area contributed by atoms with E-state index in [0.717, 1.165) is 6.42 Å². The highest BCUT2D eigenvalue weighted by Gasteiger charge is 2.00. The molecule has 0 aromatic rings. The summed E-state index contributed by atoms with van der Waals surface area (Å²) in [6.45, 7) is 2.56. The van der Waals surface area contributed by atoms with E-state index in [1.165, 1.54) is 0 Å². The smallest absolute Gasteiger partial charge is 0.277 e. The van der Waals surface area contributed by atoms with Gasteiger partial charge in [-0.25, -0.2) is 8.78 Å². The van der Waals surface area contributed by atoms with E-state index in [1.54, 1.807) is 0 Å². The minimum atomic E-state index is -2.35. The van der Waals surface area contributed by atoms with Gasteiger partial charge in [-0.15, -0.1) is 0 Å². The van der Waals surface area contributed by atoms with Gasteiger partial charge in [0.25, 0.3) is 6.17 Å². The van der Waals surface area contributed by atoms with Crippen LogP contribution in [-0.2, 0) is 4.62 Å². The number of rotatable bonds is 5. The Bertz CT molecular complexity index is 64.5. The quantitative estimate of drug-likeness (QED) is 0.373. The van der Waals surface area contributed by atoms with Crippen molar-refractivity contribution < 1.29 is 13.4 Å². The molecule has 0 amide bonds. The van der Waals surface area contributed by atoms with E-state index in [4.69, 9.17) is 0 Å². The van der Waals surface area contributed by atoms with E-state index in [-0.39, 0.29) is 0 Å². The Morgan fingerprint density at radius 3 is 2.78 bits per heavy atom. The highest BCUT2D eigenvalue weighted by atomic mass is 31.1. The summed E-state index contributed by atoms with van der Waals surface area (Å²) in [5.74, 6) is 0. The first-order valence-electron chi connectivity index (χ1n) is 2.69. The average Bonchev–Trinajstić information content (AvgIpc) is 1.80. The number of hydroxylamine groups is 1. The van der Waals surface area contributed by atoms with Gasteiger partial charge in [-0.2, -0.15) is 5.48 Å². The van der Waals surface area contributed by atoms with Crippen molar-refractivity contribution >= 4 is 8.81 Å². The van der Waals surface area contributed by atoms with Gasteiger partial charge in [0.05, 0.1) is 0 Å². The molecule has 5 heteroatoms.